The number of ketones is 1. The van der Waals surface area contributed by atoms with Gasteiger partial charge in [-0.2, -0.15) is 13.2 Å². The zero-order valence-electron chi connectivity index (χ0n) is 16.2. The van der Waals surface area contributed by atoms with Crippen LogP contribution in [0.3, 0.4) is 0 Å². The number of hydrogen-bond donors (Lipinski definition) is 1. The molecule has 0 saturated carbocycles. The van der Waals surface area contributed by atoms with Gasteiger partial charge in [-0.05, 0) is 30.7 Å². The fourth-order valence-electron chi connectivity index (χ4n) is 2.93. The fraction of sp³-hybridized carbons (Fsp3) is 0.227. The fourth-order valence-corrected chi connectivity index (χ4v) is 2.93. The topological polar surface area (TPSA) is 78.1 Å². The summed E-state index contributed by atoms with van der Waals surface area (Å²) < 4.78 is 45.8. The summed E-state index contributed by atoms with van der Waals surface area (Å²) in [5.74, 6) is -0.937. The molecule has 0 bridgehead atoms. The van der Waals surface area contributed by atoms with Gasteiger partial charge in [0.25, 0.3) is 0 Å². The highest BCUT2D eigenvalue weighted by molar-refractivity contribution is 6.09. The summed E-state index contributed by atoms with van der Waals surface area (Å²) in [6.45, 7) is 1.68. The van der Waals surface area contributed by atoms with Gasteiger partial charge in [0.15, 0.2) is 0 Å². The number of rotatable bonds is 7. The van der Waals surface area contributed by atoms with Crippen LogP contribution in [0, 0.1) is 6.92 Å². The van der Waals surface area contributed by atoms with E-state index in [0.29, 0.717) is 12.1 Å². The maximum absolute atomic E-state index is 13.4. The van der Waals surface area contributed by atoms with E-state index in [1.807, 2.05) is 30.3 Å². The van der Waals surface area contributed by atoms with E-state index in [4.69, 9.17) is 10.5 Å². The largest absolute Gasteiger partial charge is 0.478 e. The Morgan fingerprint density at radius 3 is 2.50 bits per heavy atom. The van der Waals surface area contributed by atoms with Gasteiger partial charge < -0.3 is 10.5 Å². The van der Waals surface area contributed by atoms with E-state index in [2.05, 4.69) is 9.97 Å². The monoisotopic (exact) mass is 415 g/mol. The van der Waals surface area contributed by atoms with Gasteiger partial charge in [0.1, 0.15) is 5.69 Å². The molecule has 0 radical (unpaired) electrons. The number of pyridine rings is 2. The van der Waals surface area contributed by atoms with E-state index in [0.717, 1.165) is 17.7 Å². The van der Waals surface area contributed by atoms with Crippen molar-refractivity contribution in [2.45, 2.75) is 25.6 Å². The molecule has 30 heavy (non-hydrogen) atoms. The number of benzene rings is 1. The number of ether oxygens (including phenoxy) is 1. The first-order valence-corrected chi connectivity index (χ1v) is 9.25. The van der Waals surface area contributed by atoms with Crippen molar-refractivity contribution in [2.75, 3.05) is 6.61 Å². The van der Waals surface area contributed by atoms with Gasteiger partial charge in [-0.3, -0.25) is 9.78 Å². The smallest absolute Gasteiger partial charge is 0.418 e. The first-order valence-electron chi connectivity index (χ1n) is 9.25. The normalized spacial score (nSPS) is 12.4. The Morgan fingerprint density at radius 2 is 1.83 bits per heavy atom. The van der Waals surface area contributed by atoms with Gasteiger partial charge in [0.2, 0.25) is 11.7 Å². The molecular formula is C22H20F3N3O2. The lowest BCUT2D eigenvalue weighted by molar-refractivity contribution is -0.138. The molecule has 1 aromatic carbocycles. The van der Waals surface area contributed by atoms with Crippen molar-refractivity contribution in [2.24, 2.45) is 5.73 Å². The lowest BCUT2D eigenvalue weighted by Gasteiger charge is -2.15. The Kier molecular flexibility index (Phi) is 6.47. The van der Waals surface area contributed by atoms with Crippen LogP contribution in [0.4, 0.5) is 13.2 Å². The van der Waals surface area contributed by atoms with Gasteiger partial charge in [0, 0.05) is 36.0 Å². The lowest BCUT2D eigenvalue weighted by Crippen LogP contribution is -2.18. The molecule has 0 aliphatic carbocycles. The van der Waals surface area contributed by atoms with Crippen LogP contribution in [-0.4, -0.2) is 22.4 Å². The van der Waals surface area contributed by atoms with E-state index in [-0.39, 0.29) is 24.1 Å². The molecule has 0 spiro atoms. The van der Waals surface area contributed by atoms with Crippen LogP contribution < -0.4 is 10.5 Å². The van der Waals surface area contributed by atoms with Gasteiger partial charge in [-0.25, -0.2) is 4.98 Å². The maximum Gasteiger partial charge on any atom is 0.418 e. The van der Waals surface area contributed by atoms with E-state index >= 15 is 0 Å². The van der Waals surface area contributed by atoms with Crippen molar-refractivity contribution in [3.63, 3.8) is 0 Å². The lowest BCUT2D eigenvalue weighted by atomic mass is 10.0. The molecule has 0 fully saturated rings. The summed E-state index contributed by atoms with van der Waals surface area (Å²) in [5.41, 5.74) is 5.55. The Balaban J connectivity index is 1.81. The predicted octanol–water partition coefficient (Wildman–Crippen LogP) is 4.50. The third-order valence-corrected chi connectivity index (χ3v) is 4.55. The standard InChI is InChI=1S/C22H20F3N3O2/c1-14-16(8-5-12-27-14)21(29)20-17(22(23,24)25)9-10-19(28-20)30-13-11-18(26)15-6-3-2-4-7-15/h2-10,12,18H,11,13,26H2,1H3. The second kappa shape index (κ2) is 9.04. The third kappa shape index (κ3) is 5.01. The molecular weight excluding hydrogens is 395 g/mol. The van der Waals surface area contributed by atoms with Crippen LogP contribution in [0.25, 0.3) is 0 Å². The molecule has 156 valence electrons. The van der Waals surface area contributed by atoms with Crippen LogP contribution in [-0.2, 0) is 6.18 Å². The molecule has 0 saturated heterocycles. The van der Waals surface area contributed by atoms with E-state index in [1.54, 1.807) is 6.92 Å². The molecule has 3 aromatic rings. The van der Waals surface area contributed by atoms with Crippen molar-refractivity contribution >= 4 is 5.78 Å². The Morgan fingerprint density at radius 1 is 1.10 bits per heavy atom. The quantitative estimate of drug-likeness (QED) is 0.575. The van der Waals surface area contributed by atoms with E-state index in [9.17, 15) is 18.0 Å². The number of nitrogens with zero attached hydrogens (tertiary/aromatic N) is 2. The average molecular weight is 415 g/mol. The minimum Gasteiger partial charge on any atom is -0.478 e. The Bertz CT molecular complexity index is 1020. The highest BCUT2D eigenvalue weighted by atomic mass is 19.4. The summed E-state index contributed by atoms with van der Waals surface area (Å²) in [6.07, 6.45) is -2.85. The molecule has 5 nitrogen and oxygen atoms in total. The van der Waals surface area contributed by atoms with E-state index < -0.39 is 23.2 Å². The average Bonchev–Trinajstić information content (AvgIpc) is 2.73. The molecule has 2 N–H and O–H groups in total. The highest BCUT2D eigenvalue weighted by Gasteiger charge is 2.37. The minimum atomic E-state index is -4.73. The molecule has 0 aliphatic rings. The van der Waals surface area contributed by atoms with Crippen molar-refractivity contribution in [1.29, 1.82) is 0 Å². The number of carbonyl (C=O) groups is 1. The SMILES string of the molecule is Cc1ncccc1C(=O)c1nc(OCCC(N)c2ccccc2)ccc1C(F)(F)F. The number of alkyl halides is 3. The first kappa shape index (κ1) is 21.4. The molecule has 3 rings (SSSR count). The number of nitrogens with two attached hydrogens (primary N) is 1. The third-order valence-electron chi connectivity index (χ3n) is 4.55. The van der Waals surface area contributed by atoms with Gasteiger partial charge >= 0.3 is 6.18 Å². The first-order chi connectivity index (χ1) is 14.3. The molecule has 1 atom stereocenters. The van der Waals surface area contributed by atoms with Crippen LogP contribution in [0.15, 0.2) is 60.8 Å². The van der Waals surface area contributed by atoms with Crippen LogP contribution in [0.1, 0.15) is 45.3 Å². The predicted molar refractivity (Wildman–Crippen MR) is 105 cm³/mol. The van der Waals surface area contributed by atoms with Gasteiger partial charge in [-0.1, -0.05) is 30.3 Å². The molecule has 8 heteroatoms. The van der Waals surface area contributed by atoms with Crippen LogP contribution >= 0.6 is 0 Å². The summed E-state index contributed by atoms with van der Waals surface area (Å²) in [6, 6.07) is 13.9. The van der Waals surface area contributed by atoms with Gasteiger partial charge in [-0.15, -0.1) is 0 Å². The van der Waals surface area contributed by atoms with Crippen LogP contribution in [0.5, 0.6) is 5.88 Å². The number of carbonyl (C=O) groups excluding carboxylic acids is 1. The number of aromatic nitrogens is 2. The van der Waals surface area contributed by atoms with Crippen molar-refractivity contribution in [3.05, 3.63) is 88.9 Å². The van der Waals surface area contributed by atoms with Gasteiger partial charge in [0.05, 0.1) is 12.2 Å². The molecule has 0 aliphatic heterocycles. The molecule has 1 unspecified atom stereocenters. The number of aryl methyl sites for hydroxylation is 1. The summed E-state index contributed by atoms with van der Waals surface area (Å²) in [7, 11) is 0. The maximum atomic E-state index is 13.4. The van der Waals surface area contributed by atoms with Crippen molar-refractivity contribution in [1.82, 2.24) is 9.97 Å². The van der Waals surface area contributed by atoms with Crippen molar-refractivity contribution < 1.29 is 22.7 Å². The summed E-state index contributed by atoms with van der Waals surface area (Å²) in [4.78, 5) is 20.6. The molecule has 2 aromatic heterocycles. The Labute approximate surface area is 171 Å². The zero-order chi connectivity index (χ0) is 21.7. The zero-order valence-corrected chi connectivity index (χ0v) is 16.2. The molecule has 0 amide bonds. The van der Waals surface area contributed by atoms with Crippen LogP contribution in [0.2, 0.25) is 0 Å². The summed E-state index contributed by atoms with van der Waals surface area (Å²) in [5, 5.41) is 0. The van der Waals surface area contributed by atoms with Crippen molar-refractivity contribution in [3.8, 4) is 5.88 Å². The second-order valence-electron chi connectivity index (χ2n) is 6.66. The number of hydrogen-bond acceptors (Lipinski definition) is 5. The Hall–Kier alpha value is -3.26. The summed E-state index contributed by atoms with van der Waals surface area (Å²) >= 11 is 0. The number of halogens is 3. The van der Waals surface area contributed by atoms with E-state index in [1.165, 1.54) is 18.3 Å². The highest BCUT2D eigenvalue weighted by Crippen LogP contribution is 2.33. The second-order valence-corrected chi connectivity index (χ2v) is 6.66. The molecule has 2 heterocycles. The minimum absolute atomic E-state index is 0.0544.